The maximum absolute atomic E-state index is 12.7. The van der Waals surface area contributed by atoms with Crippen molar-refractivity contribution in [3.63, 3.8) is 0 Å². The number of carbonyl (C=O) groups excluding carboxylic acids is 3. The molecule has 1 heterocycles. The highest BCUT2D eigenvalue weighted by atomic mass is 16.2. The van der Waals surface area contributed by atoms with E-state index < -0.39 is 6.04 Å². The molecule has 0 saturated carbocycles. The smallest absolute Gasteiger partial charge is 0.251 e. The predicted molar refractivity (Wildman–Crippen MR) is 96.1 cm³/mol. The Hall–Kier alpha value is -2.37. The Balaban J connectivity index is 1.97. The fourth-order valence-electron chi connectivity index (χ4n) is 3.15. The average Bonchev–Trinajstić information content (AvgIpc) is 2.60. The Labute approximate surface area is 149 Å². The zero-order chi connectivity index (χ0) is 18.6. The molecule has 1 aromatic carbocycles. The molecule has 136 valence electrons. The number of carbonyl (C=O) groups is 3. The number of hydrogen-bond donors (Lipinski definition) is 1. The fraction of sp³-hybridized carbons (Fsp3) is 0.526. The summed E-state index contributed by atoms with van der Waals surface area (Å²) in [5, 5.41) is 2.76. The van der Waals surface area contributed by atoms with Gasteiger partial charge in [0.2, 0.25) is 11.8 Å². The third kappa shape index (κ3) is 4.81. The second-order valence-corrected chi connectivity index (χ2v) is 6.92. The molecule has 6 nitrogen and oxygen atoms in total. The van der Waals surface area contributed by atoms with Gasteiger partial charge in [0.25, 0.3) is 5.91 Å². The molecule has 1 fully saturated rings. The van der Waals surface area contributed by atoms with Crippen LogP contribution in [0.4, 0.5) is 0 Å². The van der Waals surface area contributed by atoms with Crippen molar-refractivity contribution in [3.8, 4) is 0 Å². The van der Waals surface area contributed by atoms with Gasteiger partial charge in [-0.3, -0.25) is 14.4 Å². The molecule has 0 radical (unpaired) electrons. The van der Waals surface area contributed by atoms with Crippen LogP contribution in [0.5, 0.6) is 0 Å². The molecule has 1 aliphatic rings. The lowest BCUT2D eigenvalue weighted by Crippen LogP contribution is -2.51. The third-order valence-corrected chi connectivity index (χ3v) is 4.52. The van der Waals surface area contributed by atoms with Crippen molar-refractivity contribution in [2.24, 2.45) is 5.92 Å². The average molecular weight is 345 g/mol. The molecule has 1 N–H and O–H groups in total. The van der Waals surface area contributed by atoms with E-state index in [1.807, 2.05) is 19.1 Å². The molecular weight excluding hydrogens is 318 g/mol. The van der Waals surface area contributed by atoms with E-state index in [1.165, 1.54) is 0 Å². The molecule has 1 aromatic rings. The van der Waals surface area contributed by atoms with Gasteiger partial charge < -0.3 is 15.1 Å². The Morgan fingerprint density at radius 3 is 2.64 bits per heavy atom. The number of hydrogen-bond acceptors (Lipinski definition) is 3. The van der Waals surface area contributed by atoms with Crippen LogP contribution >= 0.6 is 0 Å². The Bertz CT molecular complexity index is 657. The molecule has 1 aliphatic heterocycles. The maximum Gasteiger partial charge on any atom is 0.251 e. The summed E-state index contributed by atoms with van der Waals surface area (Å²) >= 11 is 0. The lowest BCUT2D eigenvalue weighted by atomic mass is 9.96. The van der Waals surface area contributed by atoms with Gasteiger partial charge in [0, 0.05) is 32.7 Å². The van der Waals surface area contributed by atoms with E-state index in [1.54, 1.807) is 43.0 Å². The lowest BCUT2D eigenvalue weighted by molar-refractivity contribution is -0.140. The molecule has 2 unspecified atom stereocenters. The standard InChI is InChI=1S/C19H27N3O3/c1-13-7-5-8-15(11-13)17(23)20-14(2)18(24)22-10-6-9-16(12-22)19(25)21(3)4/h5,7-8,11,14,16H,6,9-10,12H2,1-4H3,(H,20,23). The molecule has 0 aromatic heterocycles. The molecule has 6 heteroatoms. The summed E-state index contributed by atoms with van der Waals surface area (Å²) in [6, 6.07) is 6.63. The molecule has 2 atom stereocenters. The topological polar surface area (TPSA) is 69.7 Å². The molecule has 3 amide bonds. The first kappa shape index (κ1) is 19.0. The van der Waals surface area contributed by atoms with Crippen LogP contribution in [0.15, 0.2) is 24.3 Å². The normalized spacial score (nSPS) is 18.4. The van der Waals surface area contributed by atoms with Crippen molar-refractivity contribution in [2.45, 2.75) is 32.7 Å². The molecule has 0 aliphatic carbocycles. The number of nitrogens with zero attached hydrogens (tertiary/aromatic N) is 2. The third-order valence-electron chi connectivity index (χ3n) is 4.52. The molecular formula is C19H27N3O3. The number of nitrogens with one attached hydrogen (secondary N) is 1. The first-order valence-electron chi connectivity index (χ1n) is 8.67. The first-order chi connectivity index (χ1) is 11.8. The van der Waals surface area contributed by atoms with Crippen molar-refractivity contribution in [1.82, 2.24) is 15.1 Å². The van der Waals surface area contributed by atoms with Crippen molar-refractivity contribution in [2.75, 3.05) is 27.2 Å². The van der Waals surface area contributed by atoms with E-state index in [0.717, 1.165) is 18.4 Å². The van der Waals surface area contributed by atoms with Gasteiger partial charge in [-0.05, 0) is 38.8 Å². The van der Waals surface area contributed by atoms with E-state index in [2.05, 4.69) is 5.32 Å². The summed E-state index contributed by atoms with van der Waals surface area (Å²) in [5.41, 5.74) is 1.53. The highest BCUT2D eigenvalue weighted by molar-refractivity contribution is 5.97. The summed E-state index contributed by atoms with van der Waals surface area (Å²) in [6.45, 7) is 4.65. The summed E-state index contributed by atoms with van der Waals surface area (Å²) < 4.78 is 0. The van der Waals surface area contributed by atoms with Crippen LogP contribution in [-0.2, 0) is 9.59 Å². The predicted octanol–water partition coefficient (Wildman–Crippen LogP) is 1.44. The highest BCUT2D eigenvalue weighted by Crippen LogP contribution is 2.19. The van der Waals surface area contributed by atoms with Gasteiger partial charge in [0.15, 0.2) is 0 Å². The zero-order valence-electron chi connectivity index (χ0n) is 15.4. The minimum absolute atomic E-state index is 0.0500. The Morgan fingerprint density at radius 2 is 2.00 bits per heavy atom. The van der Waals surface area contributed by atoms with Gasteiger partial charge in [0.1, 0.15) is 6.04 Å². The van der Waals surface area contributed by atoms with Crippen LogP contribution in [-0.4, -0.2) is 60.7 Å². The van der Waals surface area contributed by atoms with Crippen LogP contribution in [0.2, 0.25) is 0 Å². The van der Waals surface area contributed by atoms with Crippen LogP contribution in [0.1, 0.15) is 35.7 Å². The molecule has 0 spiro atoms. The van der Waals surface area contributed by atoms with Crippen LogP contribution < -0.4 is 5.32 Å². The van der Waals surface area contributed by atoms with E-state index in [9.17, 15) is 14.4 Å². The van der Waals surface area contributed by atoms with Crippen molar-refractivity contribution < 1.29 is 14.4 Å². The zero-order valence-corrected chi connectivity index (χ0v) is 15.4. The molecule has 0 bridgehead atoms. The number of aryl methyl sites for hydroxylation is 1. The Morgan fingerprint density at radius 1 is 1.28 bits per heavy atom. The van der Waals surface area contributed by atoms with Gasteiger partial charge in [-0.2, -0.15) is 0 Å². The number of rotatable bonds is 4. The Kier molecular flexibility index (Phi) is 6.17. The van der Waals surface area contributed by atoms with Gasteiger partial charge in [-0.1, -0.05) is 17.7 Å². The van der Waals surface area contributed by atoms with E-state index >= 15 is 0 Å². The van der Waals surface area contributed by atoms with Crippen LogP contribution in [0.25, 0.3) is 0 Å². The van der Waals surface area contributed by atoms with E-state index in [4.69, 9.17) is 0 Å². The minimum Gasteiger partial charge on any atom is -0.349 e. The molecule has 2 rings (SSSR count). The van der Waals surface area contributed by atoms with Crippen molar-refractivity contribution in [1.29, 1.82) is 0 Å². The summed E-state index contributed by atoms with van der Waals surface area (Å²) in [6.07, 6.45) is 1.60. The van der Waals surface area contributed by atoms with E-state index in [0.29, 0.717) is 18.7 Å². The van der Waals surface area contributed by atoms with Crippen molar-refractivity contribution >= 4 is 17.7 Å². The van der Waals surface area contributed by atoms with Crippen molar-refractivity contribution in [3.05, 3.63) is 35.4 Å². The van der Waals surface area contributed by atoms with Gasteiger partial charge in [-0.25, -0.2) is 0 Å². The number of piperidine rings is 1. The minimum atomic E-state index is -0.624. The highest BCUT2D eigenvalue weighted by Gasteiger charge is 2.31. The number of likely N-dealkylation sites (tertiary alicyclic amines) is 1. The largest absolute Gasteiger partial charge is 0.349 e. The van der Waals surface area contributed by atoms with E-state index in [-0.39, 0.29) is 23.6 Å². The number of amides is 3. The second-order valence-electron chi connectivity index (χ2n) is 6.92. The summed E-state index contributed by atoms with van der Waals surface area (Å²) in [7, 11) is 3.46. The van der Waals surface area contributed by atoms with Crippen LogP contribution in [0, 0.1) is 12.8 Å². The first-order valence-corrected chi connectivity index (χ1v) is 8.67. The quantitative estimate of drug-likeness (QED) is 0.898. The van der Waals surface area contributed by atoms with Gasteiger partial charge >= 0.3 is 0 Å². The fourth-order valence-corrected chi connectivity index (χ4v) is 3.15. The van der Waals surface area contributed by atoms with Gasteiger partial charge in [-0.15, -0.1) is 0 Å². The summed E-state index contributed by atoms with van der Waals surface area (Å²) in [4.78, 5) is 40.4. The SMILES string of the molecule is Cc1cccc(C(=O)NC(C)C(=O)N2CCCC(C(=O)N(C)C)C2)c1. The lowest BCUT2D eigenvalue weighted by Gasteiger charge is -2.34. The molecule has 25 heavy (non-hydrogen) atoms. The summed E-state index contributed by atoms with van der Waals surface area (Å²) in [5.74, 6) is -0.513. The molecule has 1 saturated heterocycles. The van der Waals surface area contributed by atoms with Gasteiger partial charge in [0.05, 0.1) is 5.92 Å². The van der Waals surface area contributed by atoms with Crippen LogP contribution in [0.3, 0.4) is 0 Å². The maximum atomic E-state index is 12.7. The number of benzene rings is 1. The second kappa shape index (κ2) is 8.14. The monoisotopic (exact) mass is 345 g/mol.